The van der Waals surface area contributed by atoms with Crippen LogP contribution in [0.25, 0.3) is 10.9 Å². The minimum atomic E-state index is -4.27. The van der Waals surface area contributed by atoms with Crippen molar-refractivity contribution in [2.45, 2.75) is 49.6 Å². The lowest BCUT2D eigenvalue weighted by Crippen LogP contribution is -2.40. The van der Waals surface area contributed by atoms with E-state index in [1.54, 1.807) is 16.7 Å². The number of carbonyl (C=O) groups is 1. The standard InChI is InChI=1S/C21H24FN3O4.C7H8O3S/c1-29-20-17-13(19(26)14(21(27)28)9-25(17)12-4-5-12)7-15(22)18(20)24-8-11-3-2-6-23-16(11)10-24;1-6-2-4-7(5-3-6)11(8,9)10/h7,9,11-12,16,23H,2-6,8,10H2,1H3,(H,27,28);2-5H,1H3,(H,8,9,10)/p-1/t11-,16+;/m0./s1. The number of nitrogens with zero attached hydrogens (tertiary/aromatic N) is 2. The summed E-state index contributed by atoms with van der Waals surface area (Å²) in [5, 5.41) is 13.0. The van der Waals surface area contributed by atoms with Gasteiger partial charge in [-0.2, -0.15) is 0 Å². The highest BCUT2D eigenvalue weighted by Crippen LogP contribution is 2.45. The zero-order valence-electron chi connectivity index (χ0n) is 22.2. The molecule has 1 aliphatic carbocycles. The van der Waals surface area contributed by atoms with E-state index in [9.17, 15) is 27.7 Å². The highest BCUT2D eigenvalue weighted by atomic mass is 32.2. The van der Waals surface area contributed by atoms with E-state index < -0.39 is 27.3 Å². The number of aryl methyl sites for hydroxylation is 1. The third-order valence-corrected chi connectivity index (χ3v) is 8.65. The number of methoxy groups -OCH3 is 1. The fraction of sp³-hybridized carbons (Fsp3) is 0.429. The van der Waals surface area contributed by atoms with Gasteiger partial charge >= 0.3 is 5.97 Å². The van der Waals surface area contributed by atoms with Crippen molar-refractivity contribution in [1.29, 1.82) is 0 Å². The second-order valence-corrected chi connectivity index (χ2v) is 12.0. The van der Waals surface area contributed by atoms with Gasteiger partial charge in [0.1, 0.15) is 21.4 Å². The third kappa shape index (κ3) is 5.43. The Hall–Kier alpha value is -3.48. The van der Waals surface area contributed by atoms with Gasteiger partial charge in [0.2, 0.25) is 5.43 Å². The maximum Gasteiger partial charge on any atom is 0.341 e. The number of anilines is 1. The third-order valence-electron chi connectivity index (χ3n) is 7.80. The van der Waals surface area contributed by atoms with E-state index in [4.69, 9.17) is 4.74 Å². The Morgan fingerprint density at radius 2 is 1.88 bits per heavy atom. The molecule has 10 nitrogen and oxygen atoms in total. The Bertz CT molecular complexity index is 1600. The molecule has 2 N–H and O–H groups in total. The second kappa shape index (κ2) is 10.8. The molecule has 0 radical (unpaired) electrons. The van der Waals surface area contributed by atoms with Crippen LogP contribution in [0.3, 0.4) is 0 Å². The van der Waals surface area contributed by atoms with E-state index in [0.717, 1.165) is 44.3 Å². The summed E-state index contributed by atoms with van der Waals surface area (Å²) in [6.45, 7) is 4.22. The van der Waals surface area contributed by atoms with Crippen LogP contribution in [0, 0.1) is 18.7 Å². The molecule has 40 heavy (non-hydrogen) atoms. The fourth-order valence-electron chi connectivity index (χ4n) is 5.66. The second-order valence-electron chi connectivity index (χ2n) is 10.6. The summed E-state index contributed by atoms with van der Waals surface area (Å²) in [5.74, 6) is -1.07. The van der Waals surface area contributed by atoms with E-state index in [2.05, 4.69) is 5.32 Å². The molecule has 6 rings (SSSR count). The maximum atomic E-state index is 15.3. The van der Waals surface area contributed by atoms with Gasteiger partial charge in [-0.1, -0.05) is 17.7 Å². The molecule has 2 atom stereocenters. The number of aromatic nitrogens is 1. The van der Waals surface area contributed by atoms with Crippen LogP contribution in [0.1, 0.15) is 47.6 Å². The summed E-state index contributed by atoms with van der Waals surface area (Å²) < 4.78 is 54.0. The van der Waals surface area contributed by atoms with Gasteiger partial charge in [-0.25, -0.2) is 17.6 Å². The van der Waals surface area contributed by atoms with Gasteiger partial charge in [-0.05, 0) is 63.3 Å². The number of rotatable bonds is 5. The van der Waals surface area contributed by atoms with Gasteiger partial charge in [0.15, 0.2) is 11.6 Å². The number of hydrogen-bond acceptors (Lipinski definition) is 8. The van der Waals surface area contributed by atoms with E-state index in [1.807, 2.05) is 11.8 Å². The van der Waals surface area contributed by atoms with Crippen molar-refractivity contribution in [3.63, 3.8) is 0 Å². The minimum Gasteiger partial charge on any atom is -0.744 e. The van der Waals surface area contributed by atoms with E-state index in [-0.39, 0.29) is 21.9 Å². The van der Waals surface area contributed by atoms with E-state index in [0.29, 0.717) is 35.5 Å². The lowest BCUT2D eigenvalue weighted by atomic mass is 9.94. The quantitative estimate of drug-likeness (QED) is 0.441. The zero-order valence-corrected chi connectivity index (χ0v) is 23.0. The van der Waals surface area contributed by atoms with Crippen LogP contribution in [-0.2, 0) is 10.1 Å². The number of aromatic carboxylic acids is 1. The van der Waals surface area contributed by atoms with Crippen molar-refractivity contribution in [3.05, 3.63) is 63.7 Å². The average Bonchev–Trinajstić information content (AvgIpc) is 3.66. The van der Waals surface area contributed by atoms with E-state index in [1.165, 1.54) is 31.5 Å². The summed E-state index contributed by atoms with van der Waals surface area (Å²) >= 11 is 0. The van der Waals surface area contributed by atoms with Crippen molar-refractivity contribution in [2.75, 3.05) is 31.6 Å². The summed E-state index contributed by atoms with van der Waals surface area (Å²) in [5.41, 5.74) is 0.773. The number of hydrogen-bond donors (Lipinski definition) is 2. The molecule has 12 heteroatoms. The number of benzene rings is 2. The summed E-state index contributed by atoms with van der Waals surface area (Å²) in [6, 6.07) is 7.40. The van der Waals surface area contributed by atoms with Crippen molar-refractivity contribution in [2.24, 2.45) is 5.92 Å². The molecule has 3 aromatic rings. The molecule has 1 aromatic heterocycles. The SMILES string of the molecule is COc1c(N2C[C@@H]3CCCN[C@@H]3C2)c(F)cc2c(=O)c(C(=O)O)cn(C3CC3)c12.Cc1ccc(S(=O)(=O)[O-])cc1. The van der Waals surface area contributed by atoms with Crippen molar-refractivity contribution >= 4 is 32.7 Å². The number of nitrogens with one attached hydrogen (secondary N) is 1. The molecule has 2 aliphatic heterocycles. The molecular formula is C28H31FN3O7S-. The van der Waals surface area contributed by atoms with Gasteiger partial charge < -0.3 is 29.2 Å². The fourth-order valence-corrected chi connectivity index (χ4v) is 6.13. The molecule has 0 spiro atoms. The smallest absolute Gasteiger partial charge is 0.341 e. The first-order chi connectivity index (χ1) is 19.0. The first-order valence-corrected chi connectivity index (χ1v) is 14.6. The van der Waals surface area contributed by atoms with Gasteiger partial charge in [-0.15, -0.1) is 0 Å². The lowest BCUT2D eigenvalue weighted by molar-refractivity contribution is 0.0694. The minimum absolute atomic E-state index is 0.0599. The number of fused-ring (bicyclic) bond motifs is 2. The molecule has 3 aliphatic rings. The Morgan fingerprint density at radius 3 is 2.45 bits per heavy atom. The molecule has 3 heterocycles. The van der Waals surface area contributed by atoms with E-state index >= 15 is 4.39 Å². The number of pyridine rings is 1. The molecule has 0 amide bonds. The number of piperidine rings is 1. The van der Waals surface area contributed by atoms with Crippen molar-refractivity contribution in [1.82, 2.24) is 9.88 Å². The summed E-state index contributed by atoms with van der Waals surface area (Å²) in [6.07, 6.45) is 5.40. The molecule has 0 unspecified atom stereocenters. The zero-order chi connectivity index (χ0) is 28.8. The number of halogens is 1. The largest absolute Gasteiger partial charge is 0.744 e. The predicted octanol–water partition coefficient (Wildman–Crippen LogP) is 3.27. The monoisotopic (exact) mass is 572 g/mol. The molecule has 2 aromatic carbocycles. The molecule has 0 bridgehead atoms. The summed E-state index contributed by atoms with van der Waals surface area (Å²) in [7, 11) is -2.79. The highest BCUT2D eigenvalue weighted by Gasteiger charge is 2.38. The topological polar surface area (TPSA) is 141 Å². The number of carboxylic acid groups (broad SMARTS) is 1. The molecule has 1 saturated carbocycles. The van der Waals surface area contributed by atoms with Crippen LogP contribution < -0.4 is 20.4 Å². The van der Waals surface area contributed by atoms with Crippen molar-refractivity contribution in [3.8, 4) is 5.75 Å². The van der Waals surface area contributed by atoms with Crippen LogP contribution in [0.5, 0.6) is 5.75 Å². The Kier molecular flexibility index (Phi) is 7.60. The maximum absolute atomic E-state index is 15.3. The number of ether oxygens (including phenoxy) is 1. The predicted molar refractivity (Wildman–Crippen MR) is 146 cm³/mol. The Balaban J connectivity index is 0.000000248. The average molecular weight is 573 g/mol. The number of carboxylic acids is 1. The normalized spacial score (nSPS) is 20.6. The first kappa shape index (κ1) is 28.1. The van der Waals surface area contributed by atoms with Gasteiger partial charge in [0.25, 0.3) is 0 Å². The Labute approximate surface area is 231 Å². The molecule has 2 saturated heterocycles. The van der Waals surface area contributed by atoms with Crippen LogP contribution in [-0.4, -0.2) is 61.4 Å². The van der Waals surface area contributed by atoms with Crippen LogP contribution >= 0.6 is 0 Å². The van der Waals surface area contributed by atoms with Crippen molar-refractivity contribution < 1.29 is 32.0 Å². The molecule has 3 fully saturated rings. The Morgan fingerprint density at radius 1 is 1.18 bits per heavy atom. The molecule has 214 valence electrons. The van der Waals surface area contributed by atoms with Gasteiger partial charge in [-0.3, -0.25) is 4.79 Å². The van der Waals surface area contributed by atoms with Crippen LogP contribution in [0.15, 0.2) is 46.2 Å². The van der Waals surface area contributed by atoms with Crippen LogP contribution in [0.4, 0.5) is 10.1 Å². The van der Waals surface area contributed by atoms with Gasteiger partial charge in [0.05, 0.1) is 22.9 Å². The van der Waals surface area contributed by atoms with Gasteiger partial charge in [0, 0.05) is 31.4 Å². The van der Waals surface area contributed by atoms with Crippen LogP contribution in [0.2, 0.25) is 0 Å². The highest BCUT2D eigenvalue weighted by molar-refractivity contribution is 7.85. The lowest BCUT2D eigenvalue weighted by Gasteiger charge is -2.25. The molecular weight excluding hydrogens is 541 g/mol. The first-order valence-electron chi connectivity index (χ1n) is 13.2. The summed E-state index contributed by atoms with van der Waals surface area (Å²) in [4.78, 5) is 26.2.